The van der Waals surface area contributed by atoms with Crippen LogP contribution >= 0.6 is 0 Å². The number of nitrogens with one attached hydrogen (secondary N) is 2. The molecule has 3 heterocycles. The fourth-order valence-electron chi connectivity index (χ4n) is 5.08. The minimum atomic E-state index is -0.774. The molecule has 0 aromatic carbocycles. The van der Waals surface area contributed by atoms with E-state index in [2.05, 4.69) is 21.7 Å². The van der Waals surface area contributed by atoms with Crippen LogP contribution in [0.25, 0.3) is 5.52 Å². The third-order valence-electron chi connectivity index (χ3n) is 6.85. The Morgan fingerprint density at radius 2 is 1.94 bits per heavy atom. The highest BCUT2D eigenvalue weighted by atomic mass is 16.6. The van der Waals surface area contributed by atoms with Crippen molar-refractivity contribution in [2.45, 2.75) is 83.0 Å². The molecule has 1 aliphatic heterocycles. The first-order valence-electron chi connectivity index (χ1n) is 12.6. The van der Waals surface area contributed by atoms with Gasteiger partial charge in [-0.05, 0) is 83.4 Å². The summed E-state index contributed by atoms with van der Waals surface area (Å²) in [6, 6.07) is 6.47. The van der Waals surface area contributed by atoms with Gasteiger partial charge in [0.25, 0.3) is 5.91 Å². The van der Waals surface area contributed by atoms with Gasteiger partial charge in [-0.3, -0.25) is 9.59 Å². The Balaban J connectivity index is 1.40. The Bertz CT molecular complexity index is 1160. The summed E-state index contributed by atoms with van der Waals surface area (Å²) in [5.74, 6) is -0.578. The van der Waals surface area contributed by atoms with Crippen LogP contribution < -0.4 is 10.6 Å². The van der Waals surface area contributed by atoms with Crippen molar-refractivity contribution in [2.75, 3.05) is 6.54 Å². The first kappa shape index (κ1) is 25.5. The van der Waals surface area contributed by atoms with Crippen LogP contribution in [0.4, 0.5) is 4.79 Å². The Hall–Kier alpha value is -3.61. The number of hydrogen-bond donors (Lipinski definition) is 2. The second kappa shape index (κ2) is 10.6. The summed E-state index contributed by atoms with van der Waals surface area (Å²) in [5, 5.41) is 15.3. The van der Waals surface area contributed by atoms with E-state index < -0.39 is 23.8 Å². The van der Waals surface area contributed by atoms with Crippen molar-refractivity contribution in [3.05, 3.63) is 36.4 Å². The lowest BCUT2D eigenvalue weighted by Crippen LogP contribution is -2.55. The van der Waals surface area contributed by atoms with Crippen LogP contribution in [0.5, 0.6) is 0 Å². The molecule has 2 N–H and O–H groups in total. The molecule has 192 valence electrons. The molecule has 10 nitrogen and oxygen atoms in total. The van der Waals surface area contributed by atoms with Crippen molar-refractivity contribution in [1.29, 1.82) is 5.26 Å². The monoisotopic (exact) mass is 494 g/mol. The molecule has 0 bridgehead atoms. The van der Waals surface area contributed by atoms with Crippen LogP contribution in [-0.4, -0.2) is 62.5 Å². The number of nitriles is 1. The van der Waals surface area contributed by atoms with Gasteiger partial charge in [-0.15, -0.1) is 0 Å². The van der Waals surface area contributed by atoms with Gasteiger partial charge >= 0.3 is 6.09 Å². The summed E-state index contributed by atoms with van der Waals surface area (Å²) in [7, 11) is 0. The van der Waals surface area contributed by atoms with Crippen LogP contribution in [0.1, 0.15) is 69.8 Å². The summed E-state index contributed by atoms with van der Waals surface area (Å²) in [6.07, 6.45) is 6.89. The van der Waals surface area contributed by atoms with E-state index in [0.29, 0.717) is 44.3 Å². The zero-order chi connectivity index (χ0) is 25.9. The molecule has 10 heteroatoms. The van der Waals surface area contributed by atoms with E-state index in [1.54, 1.807) is 38.1 Å². The standard InChI is InChI=1S/C26H34N6O4/c1-26(2,3)36-25(35)30-22(24(34)32-13-5-7-20(32)15-27)17-8-10-18(11-9-17)29-23(33)21-14-19-6-4-12-31(19)16-28-21/h4,6,12,14,16-18,20,22H,5,7-11,13H2,1-3H3,(H,29,33)(H,30,35)/t17-,18-,20-,22-/m0/s1. The number of rotatable bonds is 5. The average Bonchev–Trinajstić information content (AvgIpc) is 3.50. The van der Waals surface area contributed by atoms with E-state index in [-0.39, 0.29) is 23.8 Å². The maximum absolute atomic E-state index is 13.5. The maximum atomic E-state index is 13.5. The molecule has 4 rings (SSSR count). The molecule has 1 saturated carbocycles. The van der Waals surface area contributed by atoms with Crippen molar-refractivity contribution < 1.29 is 19.1 Å². The van der Waals surface area contributed by atoms with Gasteiger partial charge in [0.2, 0.25) is 5.91 Å². The zero-order valence-corrected chi connectivity index (χ0v) is 21.1. The number of alkyl carbamates (subject to hydrolysis) is 1. The fraction of sp³-hybridized carbons (Fsp3) is 0.577. The summed E-state index contributed by atoms with van der Waals surface area (Å²) < 4.78 is 7.26. The van der Waals surface area contributed by atoms with Gasteiger partial charge in [0.05, 0.1) is 12.4 Å². The lowest BCUT2D eigenvalue weighted by molar-refractivity contribution is -0.135. The Morgan fingerprint density at radius 1 is 1.19 bits per heavy atom. The molecule has 1 saturated heterocycles. The van der Waals surface area contributed by atoms with Crippen molar-refractivity contribution >= 4 is 23.4 Å². The van der Waals surface area contributed by atoms with Crippen LogP contribution in [-0.2, 0) is 9.53 Å². The van der Waals surface area contributed by atoms with Crippen LogP contribution in [0, 0.1) is 17.2 Å². The molecule has 0 spiro atoms. The van der Waals surface area contributed by atoms with E-state index in [4.69, 9.17) is 4.74 Å². The Labute approximate surface area is 211 Å². The SMILES string of the molecule is CC(C)(C)OC(=O)N[C@H](C(=O)N1CCC[C@H]1C#N)[C@H]1CC[C@H](NC(=O)c2cc3cccn3cn2)CC1. The minimum Gasteiger partial charge on any atom is -0.444 e. The van der Waals surface area contributed by atoms with Crippen molar-refractivity contribution in [3.63, 3.8) is 0 Å². The predicted octanol–water partition coefficient (Wildman–Crippen LogP) is 3.03. The summed E-state index contributed by atoms with van der Waals surface area (Å²) in [4.78, 5) is 44.7. The topological polar surface area (TPSA) is 129 Å². The number of hydrogen-bond acceptors (Lipinski definition) is 6. The Kier molecular flexibility index (Phi) is 7.48. The van der Waals surface area contributed by atoms with E-state index in [9.17, 15) is 19.6 Å². The van der Waals surface area contributed by atoms with Gasteiger partial charge in [0.15, 0.2) is 0 Å². The molecule has 2 atom stereocenters. The van der Waals surface area contributed by atoms with Crippen molar-refractivity contribution in [2.24, 2.45) is 5.92 Å². The van der Waals surface area contributed by atoms with Crippen LogP contribution in [0.2, 0.25) is 0 Å². The summed E-state index contributed by atoms with van der Waals surface area (Å²) in [6.45, 7) is 5.82. The first-order chi connectivity index (χ1) is 17.1. The number of carbonyl (C=O) groups is 3. The molecule has 2 aromatic heterocycles. The fourth-order valence-corrected chi connectivity index (χ4v) is 5.08. The first-order valence-corrected chi connectivity index (χ1v) is 12.6. The highest BCUT2D eigenvalue weighted by molar-refractivity contribution is 5.93. The average molecular weight is 495 g/mol. The van der Waals surface area contributed by atoms with Gasteiger partial charge in [-0.2, -0.15) is 5.26 Å². The molecule has 2 fully saturated rings. The van der Waals surface area contributed by atoms with E-state index in [1.807, 2.05) is 22.7 Å². The summed E-state index contributed by atoms with van der Waals surface area (Å²) >= 11 is 0. The van der Waals surface area contributed by atoms with E-state index >= 15 is 0 Å². The van der Waals surface area contributed by atoms with E-state index in [0.717, 1.165) is 11.9 Å². The molecular formula is C26H34N6O4. The number of likely N-dealkylation sites (tertiary alicyclic amines) is 1. The van der Waals surface area contributed by atoms with Gasteiger partial charge in [-0.1, -0.05) is 0 Å². The third kappa shape index (κ3) is 5.96. The highest BCUT2D eigenvalue weighted by Crippen LogP contribution is 2.30. The van der Waals surface area contributed by atoms with Gasteiger partial charge in [0.1, 0.15) is 23.4 Å². The second-order valence-corrected chi connectivity index (χ2v) is 10.6. The highest BCUT2D eigenvalue weighted by Gasteiger charge is 2.40. The second-order valence-electron chi connectivity index (χ2n) is 10.6. The van der Waals surface area contributed by atoms with Gasteiger partial charge < -0.3 is 24.7 Å². The van der Waals surface area contributed by atoms with E-state index in [1.165, 1.54) is 0 Å². The smallest absolute Gasteiger partial charge is 0.408 e. The Morgan fingerprint density at radius 3 is 2.64 bits per heavy atom. The maximum Gasteiger partial charge on any atom is 0.408 e. The summed E-state index contributed by atoms with van der Waals surface area (Å²) in [5.41, 5.74) is 0.561. The molecule has 3 amide bonds. The molecular weight excluding hydrogens is 460 g/mol. The van der Waals surface area contributed by atoms with Gasteiger partial charge in [-0.25, -0.2) is 9.78 Å². The normalized spacial score (nSPS) is 23.1. The van der Waals surface area contributed by atoms with Crippen LogP contribution in [0.3, 0.4) is 0 Å². The third-order valence-corrected chi connectivity index (χ3v) is 6.85. The number of fused-ring (bicyclic) bond motifs is 1. The van der Waals surface area contributed by atoms with Crippen molar-refractivity contribution in [1.82, 2.24) is 24.9 Å². The molecule has 2 aromatic rings. The largest absolute Gasteiger partial charge is 0.444 e. The molecule has 0 radical (unpaired) electrons. The number of ether oxygens (including phenoxy) is 1. The van der Waals surface area contributed by atoms with Gasteiger partial charge in [0, 0.05) is 24.3 Å². The minimum absolute atomic E-state index is 0.0468. The molecule has 0 unspecified atom stereocenters. The molecule has 2 aliphatic rings. The quantitative estimate of drug-likeness (QED) is 0.657. The molecule has 36 heavy (non-hydrogen) atoms. The number of nitrogens with zero attached hydrogens (tertiary/aromatic N) is 4. The van der Waals surface area contributed by atoms with Crippen molar-refractivity contribution in [3.8, 4) is 6.07 Å². The molecule has 1 aliphatic carbocycles. The number of carbonyl (C=O) groups excluding carboxylic acids is 3. The zero-order valence-electron chi connectivity index (χ0n) is 21.1. The van der Waals surface area contributed by atoms with Crippen LogP contribution in [0.15, 0.2) is 30.7 Å². The lowest BCUT2D eigenvalue weighted by atomic mass is 9.81. The lowest BCUT2D eigenvalue weighted by Gasteiger charge is -2.36. The number of aromatic nitrogens is 2. The predicted molar refractivity (Wildman–Crippen MR) is 132 cm³/mol. The number of amides is 3.